The van der Waals surface area contributed by atoms with Crippen LogP contribution >= 0.6 is 11.6 Å². The quantitative estimate of drug-likeness (QED) is 0.893. The van der Waals surface area contributed by atoms with E-state index in [2.05, 4.69) is 17.2 Å². The first-order valence-corrected chi connectivity index (χ1v) is 6.24. The first kappa shape index (κ1) is 12.9. The largest absolute Gasteiger partial charge is 0.454 e. The van der Waals surface area contributed by atoms with E-state index in [4.69, 9.17) is 16.3 Å². The van der Waals surface area contributed by atoms with Crippen LogP contribution < -0.4 is 10.1 Å². The van der Waals surface area contributed by atoms with E-state index in [-0.39, 0.29) is 0 Å². The number of nitrogens with one attached hydrogen (secondary N) is 1. The SMILES string of the molecule is CCNCc1cncc(Oc2ccccc2Cl)c1. The van der Waals surface area contributed by atoms with Gasteiger partial charge < -0.3 is 10.1 Å². The second kappa shape index (κ2) is 6.38. The van der Waals surface area contributed by atoms with Gasteiger partial charge in [0.25, 0.3) is 0 Å². The van der Waals surface area contributed by atoms with Crippen LogP contribution in [0.5, 0.6) is 11.5 Å². The summed E-state index contributed by atoms with van der Waals surface area (Å²) < 4.78 is 5.71. The van der Waals surface area contributed by atoms with Crippen LogP contribution in [0.25, 0.3) is 0 Å². The zero-order valence-electron chi connectivity index (χ0n) is 10.2. The molecule has 0 amide bonds. The molecule has 0 atom stereocenters. The number of rotatable bonds is 5. The van der Waals surface area contributed by atoms with Crippen molar-refractivity contribution >= 4 is 11.6 Å². The summed E-state index contributed by atoms with van der Waals surface area (Å²) >= 11 is 6.04. The van der Waals surface area contributed by atoms with E-state index in [0.717, 1.165) is 18.7 Å². The minimum absolute atomic E-state index is 0.592. The van der Waals surface area contributed by atoms with Gasteiger partial charge in [-0.15, -0.1) is 0 Å². The maximum Gasteiger partial charge on any atom is 0.146 e. The van der Waals surface area contributed by atoms with Crippen molar-refractivity contribution < 1.29 is 4.74 Å². The van der Waals surface area contributed by atoms with Crippen molar-refractivity contribution in [2.24, 2.45) is 0 Å². The Morgan fingerprint density at radius 1 is 1.28 bits per heavy atom. The number of benzene rings is 1. The van der Waals surface area contributed by atoms with Crippen molar-refractivity contribution in [3.8, 4) is 11.5 Å². The third-order valence-electron chi connectivity index (χ3n) is 2.41. The van der Waals surface area contributed by atoms with Gasteiger partial charge in [0.05, 0.1) is 11.2 Å². The van der Waals surface area contributed by atoms with Gasteiger partial charge in [-0.3, -0.25) is 4.98 Å². The van der Waals surface area contributed by atoms with Gasteiger partial charge in [-0.1, -0.05) is 30.7 Å². The fourth-order valence-electron chi connectivity index (χ4n) is 1.54. The lowest BCUT2D eigenvalue weighted by Gasteiger charge is -2.08. The summed E-state index contributed by atoms with van der Waals surface area (Å²) in [5, 5.41) is 3.84. The number of para-hydroxylation sites is 1. The van der Waals surface area contributed by atoms with E-state index >= 15 is 0 Å². The lowest BCUT2D eigenvalue weighted by atomic mass is 10.2. The van der Waals surface area contributed by atoms with E-state index in [1.54, 1.807) is 12.3 Å². The number of aromatic nitrogens is 1. The van der Waals surface area contributed by atoms with Crippen molar-refractivity contribution in [2.75, 3.05) is 6.54 Å². The van der Waals surface area contributed by atoms with Gasteiger partial charge in [-0.25, -0.2) is 0 Å². The molecule has 0 aliphatic heterocycles. The number of nitrogens with zero attached hydrogens (tertiary/aromatic N) is 1. The minimum Gasteiger partial charge on any atom is -0.454 e. The molecular formula is C14H15ClN2O. The highest BCUT2D eigenvalue weighted by atomic mass is 35.5. The molecule has 3 nitrogen and oxygen atoms in total. The van der Waals surface area contributed by atoms with Crippen LogP contribution in [0.3, 0.4) is 0 Å². The number of hydrogen-bond acceptors (Lipinski definition) is 3. The molecule has 0 saturated heterocycles. The van der Waals surface area contributed by atoms with Crippen LogP contribution in [0, 0.1) is 0 Å². The van der Waals surface area contributed by atoms with E-state index in [1.165, 1.54) is 0 Å². The Morgan fingerprint density at radius 2 is 2.11 bits per heavy atom. The molecule has 0 bridgehead atoms. The van der Waals surface area contributed by atoms with Gasteiger partial charge >= 0.3 is 0 Å². The van der Waals surface area contributed by atoms with E-state index in [9.17, 15) is 0 Å². The average molecular weight is 263 g/mol. The summed E-state index contributed by atoms with van der Waals surface area (Å²) in [4.78, 5) is 4.16. The molecule has 1 aromatic carbocycles. The Hall–Kier alpha value is -1.58. The molecule has 2 rings (SSSR count). The highest BCUT2D eigenvalue weighted by molar-refractivity contribution is 6.32. The zero-order chi connectivity index (χ0) is 12.8. The standard InChI is InChI=1S/C14H15ClN2O/c1-2-16-8-11-7-12(10-17-9-11)18-14-6-4-3-5-13(14)15/h3-7,9-10,16H,2,8H2,1H3. The smallest absolute Gasteiger partial charge is 0.146 e. The molecular weight excluding hydrogens is 248 g/mol. The molecule has 0 radical (unpaired) electrons. The van der Waals surface area contributed by atoms with Crippen LogP contribution in [0.1, 0.15) is 12.5 Å². The molecule has 0 saturated carbocycles. The third kappa shape index (κ3) is 3.45. The Morgan fingerprint density at radius 3 is 2.89 bits per heavy atom. The predicted octanol–water partition coefficient (Wildman–Crippen LogP) is 3.64. The van der Waals surface area contributed by atoms with Crippen LogP contribution in [-0.4, -0.2) is 11.5 Å². The monoisotopic (exact) mass is 262 g/mol. The van der Waals surface area contributed by atoms with Crippen LogP contribution in [0.15, 0.2) is 42.7 Å². The Labute approximate surface area is 112 Å². The Kier molecular flexibility index (Phi) is 4.56. The topological polar surface area (TPSA) is 34.2 Å². The van der Waals surface area contributed by atoms with Crippen molar-refractivity contribution in [1.29, 1.82) is 0 Å². The third-order valence-corrected chi connectivity index (χ3v) is 2.73. The van der Waals surface area contributed by atoms with Gasteiger partial charge in [0.15, 0.2) is 0 Å². The van der Waals surface area contributed by atoms with Crippen molar-refractivity contribution in [3.05, 3.63) is 53.3 Å². The number of pyridine rings is 1. The van der Waals surface area contributed by atoms with Gasteiger partial charge in [-0.2, -0.15) is 0 Å². The highest BCUT2D eigenvalue weighted by Gasteiger charge is 2.03. The molecule has 1 heterocycles. The van der Waals surface area contributed by atoms with Crippen molar-refractivity contribution in [1.82, 2.24) is 10.3 Å². The summed E-state index contributed by atoms with van der Waals surface area (Å²) in [5.74, 6) is 1.33. The van der Waals surface area contributed by atoms with Gasteiger partial charge in [0.2, 0.25) is 0 Å². The molecule has 0 aliphatic carbocycles. The van der Waals surface area contributed by atoms with Crippen molar-refractivity contribution in [3.63, 3.8) is 0 Å². The zero-order valence-corrected chi connectivity index (χ0v) is 10.9. The first-order valence-electron chi connectivity index (χ1n) is 5.86. The van der Waals surface area contributed by atoms with Crippen LogP contribution in [0.2, 0.25) is 5.02 Å². The van der Waals surface area contributed by atoms with E-state index < -0.39 is 0 Å². The molecule has 0 unspecified atom stereocenters. The molecule has 18 heavy (non-hydrogen) atoms. The second-order valence-electron chi connectivity index (χ2n) is 3.84. The fourth-order valence-corrected chi connectivity index (χ4v) is 1.71. The molecule has 0 fully saturated rings. The van der Waals surface area contributed by atoms with Gasteiger partial charge in [-0.05, 0) is 30.3 Å². The molecule has 2 aromatic rings. The maximum absolute atomic E-state index is 6.04. The number of ether oxygens (including phenoxy) is 1. The number of halogens is 1. The molecule has 94 valence electrons. The fraction of sp³-hybridized carbons (Fsp3) is 0.214. The van der Waals surface area contributed by atoms with Gasteiger partial charge in [0, 0.05) is 12.7 Å². The van der Waals surface area contributed by atoms with E-state index in [1.807, 2.05) is 30.5 Å². The number of hydrogen-bond donors (Lipinski definition) is 1. The first-order chi connectivity index (χ1) is 8.79. The van der Waals surface area contributed by atoms with E-state index in [0.29, 0.717) is 16.5 Å². The predicted molar refractivity (Wildman–Crippen MR) is 73.1 cm³/mol. The summed E-state index contributed by atoms with van der Waals surface area (Å²) in [5.41, 5.74) is 1.08. The van der Waals surface area contributed by atoms with Crippen LogP contribution in [-0.2, 0) is 6.54 Å². The Balaban J connectivity index is 2.12. The normalized spacial score (nSPS) is 10.3. The molecule has 0 aliphatic rings. The summed E-state index contributed by atoms with van der Waals surface area (Å²) in [6.07, 6.45) is 3.50. The summed E-state index contributed by atoms with van der Waals surface area (Å²) in [7, 11) is 0. The minimum atomic E-state index is 0.592. The highest BCUT2D eigenvalue weighted by Crippen LogP contribution is 2.28. The summed E-state index contributed by atoms with van der Waals surface area (Å²) in [6, 6.07) is 9.34. The summed E-state index contributed by atoms with van der Waals surface area (Å²) in [6.45, 7) is 3.77. The Bertz CT molecular complexity index is 517. The van der Waals surface area contributed by atoms with Gasteiger partial charge in [0.1, 0.15) is 11.5 Å². The average Bonchev–Trinajstić information content (AvgIpc) is 2.40. The lowest BCUT2D eigenvalue weighted by Crippen LogP contribution is -2.11. The second-order valence-corrected chi connectivity index (χ2v) is 4.25. The molecule has 4 heteroatoms. The molecule has 0 spiro atoms. The van der Waals surface area contributed by atoms with Crippen molar-refractivity contribution in [2.45, 2.75) is 13.5 Å². The molecule has 1 aromatic heterocycles. The molecule has 1 N–H and O–H groups in total. The lowest BCUT2D eigenvalue weighted by molar-refractivity contribution is 0.479. The maximum atomic E-state index is 6.04. The van der Waals surface area contributed by atoms with Crippen LogP contribution in [0.4, 0.5) is 0 Å².